The van der Waals surface area contributed by atoms with Gasteiger partial charge in [-0.1, -0.05) is 54.1 Å². The number of thiocarbonyl (C=S) groups is 1. The Balaban J connectivity index is 1.38. The third-order valence-electron chi connectivity index (χ3n) is 5.21. The van der Waals surface area contributed by atoms with Crippen molar-refractivity contribution in [1.29, 1.82) is 0 Å². The summed E-state index contributed by atoms with van der Waals surface area (Å²) < 4.78 is 5.17. The molecular formula is C25H24ClN3O5S2. The maximum atomic E-state index is 12.8. The van der Waals surface area contributed by atoms with Crippen LogP contribution in [-0.4, -0.2) is 46.6 Å². The minimum absolute atomic E-state index is 0.162. The van der Waals surface area contributed by atoms with Crippen LogP contribution in [-0.2, 0) is 14.3 Å². The van der Waals surface area contributed by atoms with Crippen LogP contribution in [0.25, 0.3) is 6.08 Å². The molecule has 3 amide bonds. The lowest BCUT2D eigenvalue weighted by Crippen LogP contribution is -2.41. The molecule has 1 fully saturated rings. The molecule has 2 aromatic rings. The normalized spacial score (nSPS) is 14.2. The number of unbranched alkanes of at least 4 members (excludes halogenated alkanes) is 2. The van der Waals surface area contributed by atoms with Crippen LogP contribution in [0, 0.1) is 0 Å². The quantitative estimate of drug-likeness (QED) is 0.159. The van der Waals surface area contributed by atoms with Gasteiger partial charge in [0, 0.05) is 23.6 Å². The van der Waals surface area contributed by atoms with Gasteiger partial charge in [0.2, 0.25) is 5.91 Å². The van der Waals surface area contributed by atoms with Crippen molar-refractivity contribution in [3.8, 4) is 0 Å². The van der Waals surface area contributed by atoms with Crippen LogP contribution in [0.2, 0.25) is 5.02 Å². The van der Waals surface area contributed by atoms with E-state index in [-0.39, 0.29) is 18.2 Å². The molecule has 0 saturated carbocycles. The SMILES string of the molecule is COC(=O)c1ccc(/C=C2\SC(=S)N(CCCCCC(=O)NNC(=O)c3ccc(Cl)cc3)C2=O)cc1. The average molecular weight is 546 g/mol. The Morgan fingerprint density at radius 3 is 2.33 bits per heavy atom. The summed E-state index contributed by atoms with van der Waals surface area (Å²) in [5.41, 5.74) is 6.35. The summed E-state index contributed by atoms with van der Waals surface area (Å²) in [6.45, 7) is 0.457. The topological polar surface area (TPSA) is 105 Å². The molecule has 3 rings (SSSR count). The standard InChI is InChI=1S/C25H24ClN3O5S2/c1-34-24(33)18-8-6-16(7-9-18)15-20-23(32)29(25(35)36-20)14-4-2-3-5-21(30)27-28-22(31)17-10-12-19(26)13-11-17/h6-13,15H,2-5,14H2,1H3,(H,27,30)(H,28,31)/b20-15-. The number of benzene rings is 2. The highest BCUT2D eigenvalue weighted by molar-refractivity contribution is 8.26. The van der Waals surface area contributed by atoms with Crippen LogP contribution in [0.4, 0.5) is 0 Å². The Morgan fingerprint density at radius 1 is 1.00 bits per heavy atom. The van der Waals surface area contributed by atoms with Crippen molar-refractivity contribution in [2.45, 2.75) is 25.7 Å². The van der Waals surface area contributed by atoms with E-state index in [4.69, 9.17) is 23.8 Å². The van der Waals surface area contributed by atoms with Crippen molar-refractivity contribution in [1.82, 2.24) is 15.8 Å². The highest BCUT2D eigenvalue weighted by Gasteiger charge is 2.31. The van der Waals surface area contributed by atoms with Crippen LogP contribution in [0.15, 0.2) is 53.4 Å². The summed E-state index contributed by atoms with van der Waals surface area (Å²) in [6.07, 6.45) is 3.96. The Kier molecular flexibility index (Phi) is 10.0. The van der Waals surface area contributed by atoms with Gasteiger partial charge in [-0.15, -0.1) is 0 Å². The van der Waals surface area contributed by atoms with Crippen LogP contribution >= 0.6 is 35.6 Å². The molecule has 2 aromatic carbocycles. The number of hydrogen-bond acceptors (Lipinski definition) is 7. The van der Waals surface area contributed by atoms with Crippen molar-refractivity contribution in [3.05, 3.63) is 75.1 Å². The first-order chi connectivity index (χ1) is 17.3. The molecule has 0 aliphatic carbocycles. The van der Waals surface area contributed by atoms with Crippen LogP contribution in [0.3, 0.4) is 0 Å². The third kappa shape index (κ3) is 7.64. The van der Waals surface area contributed by atoms with E-state index in [9.17, 15) is 19.2 Å². The number of hydrogen-bond donors (Lipinski definition) is 2. The summed E-state index contributed by atoms with van der Waals surface area (Å²) >= 11 is 12.4. The van der Waals surface area contributed by atoms with Gasteiger partial charge >= 0.3 is 5.97 Å². The van der Waals surface area contributed by atoms with E-state index in [1.807, 2.05) is 0 Å². The first-order valence-electron chi connectivity index (χ1n) is 11.1. The van der Waals surface area contributed by atoms with Gasteiger partial charge in [-0.25, -0.2) is 4.79 Å². The molecule has 0 atom stereocenters. The van der Waals surface area contributed by atoms with Gasteiger partial charge in [0.1, 0.15) is 4.32 Å². The molecule has 0 bridgehead atoms. The van der Waals surface area contributed by atoms with Gasteiger partial charge in [0.25, 0.3) is 11.8 Å². The molecule has 1 aliphatic rings. The minimum Gasteiger partial charge on any atom is -0.465 e. The van der Waals surface area contributed by atoms with E-state index < -0.39 is 11.9 Å². The molecule has 1 aliphatic heterocycles. The Morgan fingerprint density at radius 2 is 1.67 bits per heavy atom. The second-order valence-electron chi connectivity index (χ2n) is 7.77. The van der Waals surface area contributed by atoms with Gasteiger partial charge in [0.05, 0.1) is 17.6 Å². The van der Waals surface area contributed by atoms with Crippen molar-refractivity contribution >= 4 is 69.7 Å². The Labute approximate surface area is 223 Å². The summed E-state index contributed by atoms with van der Waals surface area (Å²) in [6, 6.07) is 13.1. The number of nitrogens with one attached hydrogen (secondary N) is 2. The fourth-order valence-corrected chi connectivity index (χ4v) is 4.71. The van der Waals surface area contributed by atoms with Crippen LogP contribution < -0.4 is 10.9 Å². The summed E-state index contributed by atoms with van der Waals surface area (Å²) in [7, 11) is 1.32. The maximum Gasteiger partial charge on any atom is 0.337 e. The molecular weight excluding hydrogens is 522 g/mol. The monoisotopic (exact) mass is 545 g/mol. The van der Waals surface area contributed by atoms with E-state index in [1.165, 1.54) is 18.9 Å². The van der Waals surface area contributed by atoms with Crippen LogP contribution in [0.5, 0.6) is 0 Å². The van der Waals surface area contributed by atoms with Crippen molar-refractivity contribution in [3.63, 3.8) is 0 Å². The van der Waals surface area contributed by atoms with E-state index in [2.05, 4.69) is 15.6 Å². The molecule has 8 nitrogen and oxygen atoms in total. The second-order valence-corrected chi connectivity index (χ2v) is 9.88. The van der Waals surface area contributed by atoms with Crippen LogP contribution in [0.1, 0.15) is 52.0 Å². The number of ether oxygens (including phenoxy) is 1. The zero-order valence-electron chi connectivity index (χ0n) is 19.4. The Hall–Kier alpha value is -3.21. The number of halogens is 1. The molecule has 11 heteroatoms. The molecule has 188 valence electrons. The number of methoxy groups -OCH3 is 1. The second kappa shape index (κ2) is 13.2. The number of carbonyl (C=O) groups is 4. The molecule has 0 unspecified atom stereocenters. The van der Waals surface area contributed by atoms with E-state index in [0.717, 1.165) is 5.56 Å². The lowest BCUT2D eigenvalue weighted by Gasteiger charge is -2.14. The lowest BCUT2D eigenvalue weighted by molar-refractivity contribution is -0.123. The average Bonchev–Trinajstić information content (AvgIpc) is 3.14. The zero-order chi connectivity index (χ0) is 26.1. The van der Waals surface area contributed by atoms with Crippen molar-refractivity contribution in [2.75, 3.05) is 13.7 Å². The van der Waals surface area contributed by atoms with Gasteiger partial charge in [-0.3, -0.25) is 30.1 Å². The summed E-state index contributed by atoms with van der Waals surface area (Å²) in [5.74, 6) is -1.32. The van der Waals surface area contributed by atoms with Gasteiger partial charge in [-0.2, -0.15) is 0 Å². The summed E-state index contributed by atoms with van der Waals surface area (Å²) in [4.78, 5) is 50.4. The summed E-state index contributed by atoms with van der Waals surface area (Å²) in [5, 5.41) is 0.518. The van der Waals surface area contributed by atoms with E-state index >= 15 is 0 Å². The molecule has 36 heavy (non-hydrogen) atoms. The molecule has 0 aromatic heterocycles. The first kappa shape index (κ1) is 27.4. The fraction of sp³-hybridized carbons (Fsp3) is 0.240. The van der Waals surface area contributed by atoms with Crippen molar-refractivity contribution in [2.24, 2.45) is 0 Å². The smallest absolute Gasteiger partial charge is 0.337 e. The van der Waals surface area contributed by atoms with Gasteiger partial charge in [0.15, 0.2) is 0 Å². The zero-order valence-corrected chi connectivity index (χ0v) is 21.8. The number of carbonyl (C=O) groups excluding carboxylic acids is 4. The molecule has 1 heterocycles. The minimum atomic E-state index is -0.429. The number of nitrogens with zero attached hydrogens (tertiary/aromatic N) is 1. The largest absolute Gasteiger partial charge is 0.465 e. The van der Waals surface area contributed by atoms with E-state index in [0.29, 0.717) is 51.2 Å². The van der Waals surface area contributed by atoms with E-state index in [1.54, 1.807) is 59.5 Å². The third-order valence-corrected chi connectivity index (χ3v) is 6.84. The first-order valence-corrected chi connectivity index (χ1v) is 12.7. The Bertz CT molecular complexity index is 1180. The highest BCUT2D eigenvalue weighted by atomic mass is 35.5. The number of rotatable bonds is 9. The predicted molar refractivity (Wildman–Crippen MR) is 143 cm³/mol. The van der Waals surface area contributed by atoms with Crippen molar-refractivity contribution < 1.29 is 23.9 Å². The van der Waals surface area contributed by atoms with Gasteiger partial charge in [-0.05, 0) is 60.9 Å². The fourth-order valence-electron chi connectivity index (χ4n) is 3.27. The lowest BCUT2D eigenvalue weighted by atomic mass is 10.1. The number of hydrazine groups is 1. The molecule has 0 spiro atoms. The number of thioether (sulfide) groups is 1. The number of esters is 1. The highest BCUT2D eigenvalue weighted by Crippen LogP contribution is 2.32. The molecule has 0 radical (unpaired) electrons. The predicted octanol–water partition coefficient (Wildman–Crippen LogP) is 4.35. The molecule has 2 N–H and O–H groups in total. The molecule has 1 saturated heterocycles. The van der Waals surface area contributed by atoms with Gasteiger partial charge < -0.3 is 4.74 Å². The maximum absolute atomic E-state index is 12.8. The number of amides is 3.